The summed E-state index contributed by atoms with van der Waals surface area (Å²) in [7, 11) is 0. The molecule has 0 aromatic heterocycles. The normalized spacial score (nSPS) is 20.1. The van der Waals surface area contributed by atoms with Gasteiger partial charge in [0.1, 0.15) is 0 Å². The van der Waals surface area contributed by atoms with Crippen LogP contribution in [0.25, 0.3) is 0 Å². The number of likely N-dealkylation sites (tertiary alicyclic amines) is 1. The first-order valence-corrected chi connectivity index (χ1v) is 14.0. The molecule has 2 aromatic carbocycles. The van der Waals surface area contributed by atoms with Gasteiger partial charge >= 0.3 is 6.18 Å². The third-order valence-electron chi connectivity index (χ3n) is 7.44. The molecule has 2 aromatic rings. The third kappa shape index (κ3) is 8.30. The van der Waals surface area contributed by atoms with Crippen LogP contribution in [0.2, 0.25) is 5.02 Å². The molecule has 4 rings (SSSR count). The number of halogens is 6. The molecule has 2 atom stereocenters. The molecule has 42 heavy (non-hydrogen) atoms. The Kier molecular flexibility index (Phi) is 10.3. The molecular formula is C28H33ClF5N5O3. The molecule has 2 aliphatic rings. The van der Waals surface area contributed by atoms with Crippen LogP contribution < -0.4 is 15.5 Å². The Bertz CT molecular complexity index is 1300. The number of hydrogen-bond acceptors (Lipinski definition) is 6. The summed E-state index contributed by atoms with van der Waals surface area (Å²) in [5, 5.41) is 15.1. The maximum atomic E-state index is 15.0. The number of β-amino-alcohol motifs (C(OH)–C–C–N with tert-alkyl or cyclic N) is 1. The fraction of sp³-hybridized carbons (Fsp3) is 0.500. The number of aliphatic hydroxyl groups excluding tert-OH is 1. The Balaban J connectivity index is 1.41. The smallest absolute Gasteiger partial charge is 0.390 e. The van der Waals surface area contributed by atoms with Gasteiger partial charge in [-0.25, -0.2) is 8.78 Å². The fourth-order valence-corrected chi connectivity index (χ4v) is 5.39. The van der Waals surface area contributed by atoms with E-state index in [1.54, 1.807) is 15.9 Å². The van der Waals surface area contributed by atoms with Crippen molar-refractivity contribution in [3.63, 3.8) is 0 Å². The van der Waals surface area contributed by atoms with Crippen molar-refractivity contribution in [1.82, 2.24) is 15.1 Å². The Labute approximate surface area is 245 Å². The molecule has 0 unspecified atom stereocenters. The topological polar surface area (TPSA) is 88.2 Å². The number of aliphatic hydroxyl groups is 1. The SMILES string of the molecule is C[C@@H]1CN(CCC(F)(F)F)CCN1c1cc(Cl)ccc1NC(=O)c1ccc(CNC(=O)CN2CC[C@@H](O)C2)c(F)c1F. The molecule has 2 heterocycles. The van der Waals surface area contributed by atoms with E-state index in [-0.39, 0.29) is 36.9 Å². The number of piperazine rings is 1. The van der Waals surface area contributed by atoms with E-state index in [0.717, 1.165) is 6.07 Å². The molecular weight excluding hydrogens is 585 g/mol. The van der Waals surface area contributed by atoms with Crippen LogP contribution in [-0.4, -0.2) is 90.9 Å². The number of nitrogens with zero attached hydrogens (tertiary/aromatic N) is 3. The number of hydrogen-bond donors (Lipinski definition) is 3. The van der Waals surface area contributed by atoms with E-state index < -0.39 is 47.7 Å². The van der Waals surface area contributed by atoms with Gasteiger partial charge < -0.3 is 20.6 Å². The number of nitrogens with one attached hydrogen (secondary N) is 2. The Hall–Kier alpha value is -3.00. The van der Waals surface area contributed by atoms with Crippen molar-refractivity contribution in [3.8, 4) is 0 Å². The summed E-state index contributed by atoms with van der Waals surface area (Å²) >= 11 is 6.21. The van der Waals surface area contributed by atoms with Gasteiger partial charge in [0, 0.05) is 62.4 Å². The summed E-state index contributed by atoms with van der Waals surface area (Å²) < 4.78 is 67.9. The number of rotatable bonds is 9. The molecule has 8 nitrogen and oxygen atoms in total. The number of anilines is 2. The fourth-order valence-electron chi connectivity index (χ4n) is 5.23. The van der Waals surface area contributed by atoms with Crippen molar-refractivity contribution in [1.29, 1.82) is 0 Å². The zero-order valence-corrected chi connectivity index (χ0v) is 23.7. The van der Waals surface area contributed by atoms with E-state index in [1.807, 2.05) is 11.8 Å². The van der Waals surface area contributed by atoms with Crippen LogP contribution in [-0.2, 0) is 11.3 Å². The van der Waals surface area contributed by atoms with Crippen molar-refractivity contribution in [2.75, 3.05) is 56.0 Å². The molecule has 0 saturated carbocycles. The number of carbonyl (C=O) groups excluding carboxylic acids is 2. The molecule has 2 fully saturated rings. The van der Waals surface area contributed by atoms with Crippen LogP contribution in [0.5, 0.6) is 0 Å². The lowest BCUT2D eigenvalue weighted by molar-refractivity contribution is -0.138. The highest BCUT2D eigenvalue weighted by molar-refractivity contribution is 6.31. The van der Waals surface area contributed by atoms with Crippen LogP contribution in [0, 0.1) is 11.6 Å². The highest BCUT2D eigenvalue weighted by atomic mass is 35.5. The first-order valence-electron chi connectivity index (χ1n) is 13.6. The molecule has 2 amide bonds. The van der Waals surface area contributed by atoms with Crippen LogP contribution in [0.3, 0.4) is 0 Å². The lowest BCUT2D eigenvalue weighted by Crippen LogP contribution is -2.52. The van der Waals surface area contributed by atoms with Crippen molar-refractivity contribution >= 4 is 34.8 Å². The van der Waals surface area contributed by atoms with Gasteiger partial charge in [-0.3, -0.25) is 19.4 Å². The van der Waals surface area contributed by atoms with Gasteiger partial charge in [0.2, 0.25) is 5.91 Å². The van der Waals surface area contributed by atoms with E-state index in [1.165, 1.54) is 18.2 Å². The Morgan fingerprint density at radius 1 is 1.05 bits per heavy atom. The second kappa shape index (κ2) is 13.5. The number of benzene rings is 2. The van der Waals surface area contributed by atoms with E-state index in [4.69, 9.17) is 11.6 Å². The third-order valence-corrected chi connectivity index (χ3v) is 7.67. The minimum Gasteiger partial charge on any atom is -0.392 e. The van der Waals surface area contributed by atoms with Crippen LogP contribution in [0.15, 0.2) is 30.3 Å². The molecule has 0 spiro atoms. The number of alkyl halides is 3. The molecule has 3 N–H and O–H groups in total. The van der Waals surface area contributed by atoms with E-state index in [9.17, 15) is 36.6 Å². The minimum absolute atomic E-state index is 0.0201. The Morgan fingerprint density at radius 2 is 1.81 bits per heavy atom. The average molecular weight is 618 g/mol. The molecule has 2 saturated heterocycles. The first-order chi connectivity index (χ1) is 19.8. The highest BCUT2D eigenvalue weighted by Crippen LogP contribution is 2.33. The van der Waals surface area contributed by atoms with E-state index in [2.05, 4.69) is 10.6 Å². The predicted molar refractivity (Wildman–Crippen MR) is 149 cm³/mol. The maximum Gasteiger partial charge on any atom is 0.390 e. The quantitative estimate of drug-likeness (QED) is 0.369. The van der Waals surface area contributed by atoms with Crippen molar-refractivity contribution in [2.45, 2.75) is 44.6 Å². The van der Waals surface area contributed by atoms with Crippen LogP contribution in [0.4, 0.5) is 33.3 Å². The summed E-state index contributed by atoms with van der Waals surface area (Å²) in [4.78, 5) is 30.6. The van der Waals surface area contributed by atoms with E-state index in [0.29, 0.717) is 49.9 Å². The standard InChI is InChI=1S/C28H33ClF5N5O3/c1-17-14-37(9-7-28(32,33)34)10-11-39(17)23-12-19(29)3-5-22(23)36-27(42)21-4-2-18(25(30)26(21)31)13-35-24(41)16-38-8-6-20(40)15-38/h2-5,12,17,20,40H,6-11,13-16H2,1H3,(H,35,41)(H,36,42)/t17-,20-/m1/s1. The molecule has 0 bridgehead atoms. The van der Waals surface area contributed by atoms with Crippen LogP contribution >= 0.6 is 11.6 Å². The highest BCUT2D eigenvalue weighted by Gasteiger charge is 2.31. The Morgan fingerprint density at radius 3 is 2.48 bits per heavy atom. The van der Waals surface area contributed by atoms with Gasteiger partial charge in [-0.2, -0.15) is 13.2 Å². The number of amides is 2. The molecule has 14 heteroatoms. The van der Waals surface area contributed by atoms with Crippen molar-refractivity contribution < 1.29 is 36.6 Å². The van der Waals surface area contributed by atoms with Gasteiger partial charge in [-0.15, -0.1) is 0 Å². The van der Waals surface area contributed by atoms with Gasteiger partial charge in [0.15, 0.2) is 11.6 Å². The second-order valence-electron chi connectivity index (χ2n) is 10.7. The van der Waals surface area contributed by atoms with Crippen LogP contribution in [0.1, 0.15) is 35.7 Å². The summed E-state index contributed by atoms with van der Waals surface area (Å²) in [6, 6.07) is 6.78. The maximum absolute atomic E-state index is 15.0. The lowest BCUT2D eigenvalue weighted by atomic mass is 10.1. The summed E-state index contributed by atoms with van der Waals surface area (Å²) in [6.07, 6.45) is -5.08. The number of carbonyl (C=O) groups is 2. The van der Waals surface area contributed by atoms with Gasteiger partial charge in [-0.1, -0.05) is 17.7 Å². The monoisotopic (exact) mass is 617 g/mol. The largest absolute Gasteiger partial charge is 0.392 e. The zero-order chi connectivity index (χ0) is 30.6. The van der Waals surface area contributed by atoms with Crippen molar-refractivity contribution in [2.24, 2.45) is 0 Å². The van der Waals surface area contributed by atoms with E-state index >= 15 is 0 Å². The van der Waals surface area contributed by atoms with Crippen molar-refractivity contribution in [3.05, 3.63) is 58.1 Å². The molecule has 2 aliphatic heterocycles. The summed E-state index contributed by atoms with van der Waals surface area (Å²) in [5.74, 6) is -3.95. The molecule has 0 aliphatic carbocycles. The lowest BCUT2D eigenvalue weighted by Gasteiger charge is -2.42. The predicted octanol–water partition coefficient (Wildman–Crippen LogP) is 4.02. The average Bonchev–Trinajstić information content (AvgIpc) is 3.33. The van der Waals surface area contributed by atoms with Gasteiger partial charge in [-0.05, 0) is 37.6 Å². The van der Waals surface area contributed by atoms with Gasteiger partial charge in [0.05, 0.1) is 36.0 Å². The summed E-state index contributed by atoms with van der Waals surface area (Å²) in [5.41, 5.74) is 0.107. The summed E-state index contributed by atoms with van der Waals surface area (Å²) in [6.45, 7) is 3.47. The molecule has 230 valence electrons. The van der Waals surface area contributed by atoms with Gasteiger partial charge in [0.25, 0.3) is 5.91 Å². The second-order valence-corrected chi connectivity index (χ2v) is 11.1. The zero-order valence-electron chi connectivity index (χ0n) is 23.0. The minimum atomic E-state index is -4.25. The molecule has 0 radical (unpaired) electrons. The first kappa shape index (κ1) is 31.9.